The average molecular weight is 379 g/mol. The number of fused-ring (bicyclic) bond motifs is 1. The molecule has 0 spiro atoms. The Kier molecular flexibility index (Phi) is 5.57. The molecule has 0 bridgehead atoms. The van der Waals surface area contributed by atoms with Crippen molar-refractivity contribution in [1.29, 1.82) is 0 Å². The minimum Gasteiger partial charge on any atom is -0.465 e. The van der Waals surface area contributed by atoms with Gasteiger partial charge in [-0.25, -0.2) is 23.5 Å². The molecule has 9 heteroatoms. The van der Waals surface area contributed by atoms with E-state index in [0.29, 0.717) is 35.5 Å². The van der Waals surface area contributed by atoms with E-state index in [0.717, 1.165) is 12.8 Å². The van der Waals surface area contributed by atoms with E-state index in [9.17, 15) is 13.6 Å². The monoisotopic (exact) mass is 379 g/mol. The zero-order chi connectivity index (χ0) is 19.6. The second kappa shape index (κ2) is 7.89. The molecule has 1 aliphatic rings. The van der Waals surface area contributed by atoms with E-state index >= 15 is 0 Å². The summed E-state index contributed by atoms with van der Waals surface area (Å²) in [5.41, 5.74) is -0.294. The lowest BCUT2D eigenvalue weighted by atomic mass is 10.1. The molecule has 3 rings (SSSR count). The average Bonchev–Trinajstić information content (AvgIpc) is 2.61. The molecule has 1 amide bonds. The summed E-state index contributed by atoms with van der Waals surface area (Å²) < 4.78 is 26.3. The van der Waals surface area contributed by atoms with E-state index in [4.69, 9.17) is 5.11 Å². The second-order valence-electron chi connectivity index (χ2n) is 7.00. The number of aromatic nitrogens is 2. The van der Waals surface area contributed by atoms with Crippen LogP contribution in [0.1, 0.15) is 38.8 Å². The van der Waals surface area contributed by atoms with Gasteiger partial charge in [-0.3, -0.25) is 0 Å². The molecule has 3 N–H and O–H groups in total. The molecule has 1 fully saturated rings. The van der Waals surface area contributed by atoms with Crippen molar-refractivity contribution >= 4 is 28.5 Å². The SMILES string of the molecule is CC(C)Nc1nc(C(F)F)cc2cnc(NC3CCCN(C(=O)O)C3)cc12. The second-order valence-corrected chi connectivity index (χ2v) is 7.00. The molecule has 1 unspecified atom stereocenters. The summed E-state index contributed by atoms with van der Waals surface area (Å²) in [6.45, 7) is 4.73. The van der Waals surface area contributed by atoms with Gasteiger partial charge in [0.05, 0.1) is 0 Å². The summed E-state index contributed by atoms with van der Waals surface area (Å²) in [6.07, 6.45) is -0.446. The zero-order valence-electron chi connectivity index (χ0n) is 15.2. The Morgan fingerprint density at radius 3 is 2.81 bits per heavy atom. The number of hydrogen-bond donors (Lipinski definition) is 3. The Labute approximate surface area is 155 Å². The van der Waals surface area contributed by atoms with Crippen LogP contribution >= 0.6 is 0 Å². The van der Waals surface area contributed by atoms with Crippen molar-refractivity contribution < 1.29 is 18.7 Å². The molecule has 2 aromatic heterocycles. The van der Waals surface area contributed by atoms with Gasteiger partial charge in [0.2, 0.25) is 0 Å². The third-order valence-corrected chi connectivity index (χ3v) is 4.43. The number of piperidine rings is 1. The van der Waals surface area contributed by atoms with Gasteiger partial charge in [-0.15, -0.1) is 0 Å². The number of nitrogens with zero attached hydrogens (tertiary/aromatic N) is 3. The highest BCUT2D eigenvalue weighted by molar-refractivity contribution is 5.93. The Hall–Kier alpha value is -2.71. The number of alkyl halides is 2. The molecule has 0 radical (unpaired) electrons. The highest BCUT2D eigenvalue weighted by Gasteiger charge is 2.23. The van der Waals surface area contributed by atoms with Crippen molar-refractivity contribution in [2.45, 2.75) is 45.2 Å². The van der Waals surface area contributed by atoms with Crippen LogP contribution in [0.3, 0.4) is 0 Å². The van der Waals surface area contributed by atoms with Crippen molar-refractivity contribution in [3.63, 3.8) is 0 Å². The largest absolute Gasteiger partial charge is 0.465 e. The maximum atomic E-state index is 13.1. The summed E-state index contributed by atoms with van der Waals surface area (Å²) in [5.74, 6) is 0.956. The number of pyridine rings is 2. The fourth-order valence-electron chi connectivity index (χ4n) is 3.22. The first-order valence-corrected chi connectivity index (χ1v) is 8.93. The summed E-state index contributed by atoms with van der Waals surface area (Å²) in [5, 5.41) is 16.8. The van der Waals surface area contributed by atoms with Crippen LogP contribution in [0, 0.1) is 0 Å². The molecule has 0 saturated carbocycles. The summed E-state index contributed by atoms with van der Waals surface area (Å²) in [7, 11) is 0. The Morgan fingerprint density at radius 2 is 2.15 bits per heavy atom. The molecule has 2 aromatic rings. The maximum Gasteiger partial charge on any atom is 0.407 e. The Bertz CT molecular complexity index is 831. The number of rotatable bonds is 5. The Balaban J connectivity index is 1.89. The molecule has 1 saturated heterocycles. The first-order chi connectivity index (χ1) is 12.8. The number of nitrogens with one attached hydrogen (secondary N) is 2. The lowest BCUT2D eigenvalue weighted by molar-refractivity contribution is 0.132. The minimum absolute atomic E-state index is 0.0284. The van der Waals surface area contributed by atoms with E-state index in [-0.39, 0.29) is 17.8 Å². The van der Waals surface area contributed by atoms with Gasteiger partial charge in [-0.1, -0.05) is 0 Å². The van der Waals surface area contributed by atoms with E-state index in [1.165, 1.54) is 17.2 Å². The quantitative estimate of drug-likeness (QED) is 0.729. The number of halogens is 2. The first-order valence-electron chi connectivity index (χ1n) is 8.93. The number of hydrogen-bond acceptors (Lipinski definition) is 5. The lowest BCUT2D eigenvalue weighted by Gasteiger charge is -2.31. The molecule has 3 heterocycles. The smallest absolute Gasteiger partial charge is 0.407 e. The minimum atomic E-state index is -2.66. The van der Waals surface area contributed by atoms with Crippen molar-refractivity contribution in [1.82, 2.24) is 14.9 Å². The third-order valence-electron chi connectivity index (χ3n) is 4.43. The fourth-order valence-corrected chi connectivity index (χ4v) is 3.22. The van der Waals surface area contributed by atoms with Gasteiger partial charge < -0.3 is 20.6 Å². The van der Waals surface area contributed by atoms with Crippen LogP contribution in [-0.2, 0) is 0 Å². The van der Waals surface area contributed by atoms with Crippen LogP contribution < -0.4 is 10.6 Å². The van der Waals surface area contributed by atoms with Gasteiger partial charge in [0, 0.05) is 42.1 Å². The van der Waals surface area contributed by atoms with Crippen LogP contribution in [0.25, 0.3) is 10.8 Å². The summed E-state index contributed by atoms with van der Waals surface area (Å²) in [6, 6.07) is 3.09. The number of carboxylic acid groups (broad SMARTS) is 1. The van der Waals surface area contributed by atoms with Crippen LogP contribution in [0.4, 0.5) is 25.2 Å². The van der Waals surface area contributed by atoms with Gasteiger partial charge in [-0.2, -0.15) is 0 Å². The molecule has 27 heavy (non-hydrogen) atoms. The van der Waals surface area contributed by atoms with E-state index < -0.39 is 12.5 Å². The molecule has 7 nitrogen and oxygen atoms in total. The molecule has 146 valence electrons. The van der Waals surface area contributed by atoms with E-state index in [1.807, 2.05) is 13.8 Å². The maximum absolute atomic E-state index is 13.1. The summed E-state index contributed by atoms with van der Waals surface area (Å²) >= 11 is 0. The molecule has 0 aromatic carbocycles. The molecule has 1 atom stereocenters. The fraction of sp³-hybridized carbons (Fsp3) is 0.500. The molecular weight excluding hydrogens is 356 g/mol. The third kappa shape index (κ3) is 4.53. The van der Waals surface area contributed by atoms with Gasteiger partial charge in [0.1, 0.15) is 17.3 Å². The number of anilines is 2. The van der Waals surface area contributed by atoms with Crippen molar-refractivity contribution in [3.05, 3.63) is 24.0 Å². The van der Waals surface area contributed by atoms with Crippen molar-refractivity contribution in [2.75, 3.05) is 23.7 Å². The van der Waals surface area contributed by atoms with Crippen molar-refractivity contribution in [2.24, 2.45) is 0 Å². The standard InChI is InChI=1S/C18H23F2N5O2/c1-10(2)22-17-13-7-15(21-8-11(13)6-14(24-17)16(19)20)23-12-4-3-5-25(9-12)18(26)27/h6-8,10,12,16H,3-5,9H2,1-2H3,(H,21,23)(H,22,24)(H,26,27). The zero-order valence-corrected chi connectivity index (χ0v) is 15.2. The molecule has 0 aliphatic carbocycles. The predicted molar refractivity (Wildman–Crippen MR) is 99.5 cm³/mol. The molecule has 1 aliphatic heterocycles. The van der Waals surface area contributed by atoms with Gasteiger partial charge >= 0.3 is 6.09 Å². The van der Waals surface area contributed by atoms with Gasteiger partial charge in [-0.05, 0) is 38.8 Å². The highest BCUT2D eigenvalue weighted by atomic mass is 19.3. The van der Waals surface area contributed by atoms with Crippen LogP contribution in [-0.4, -0.2) is 51.2 Å². The topological polar surface area (TPSA) is 90.4 Å². The van der Waals surface area contributed by atoms with Crippen LogP contribution in [0.5, 0.6) is 0 Å². The highest BCUT2D eigenvalue weighted by Crippen LogP contribution is 2.29. The lowest BCUT2D eigenvalue weighted by Crippen LogP contribution is -2.44. The Morgan fingerprint density at radius 1 is 1.37 bits per heavy atom. The van der Waals surface area contributed by atoms with Crippen LogP contribution in [0.2, 0.25) is 0 Å². The van der Waals surface area contributed by atoms with Crippen molar-refractivity contribution in [3.8, 4) is 0 Å². The van der Waals surface area contributed by atoms with Gasteiger partial charge in [0.15, 0.2) is 0 Å². The normalized spacial score (nSPS) is 17.6. The predicted octanol–water partition coefficient (Wildman–Crippen LogP) is 3.94. The number of carbonyl (C=O) groups is 1. The van der Waals surface area contributed by atoms with E-state index in [1.54, 1.807) is 6.07 Å². The van der Waals surface area contributed by atoms with E-state index in [2.05, 4.69) is 20.6 Å². The van der Waals surface area contributed by atoms with Gasteiger partial charge in [0.25, 0.3) is 6.43 Å². The first kappa shape index (κ1) is 19.1. The number of likely N-dealkylation sites (tertiary alicyclic amines) is 1. The number of amides is 1. The molecular formula is C18H23F2N5O2. The van der Waals surface area contributed by atoms with Crippen LogP contribution in [0.15, 0.2) is 18.3 Å². The summed E-state index contributed by atoms with van der Waals surface area (Å²) in [4.78, 5) is 20.9.